The van der Waals surface area contributed by atoms with Crippen LogP contribution in [0.5, 0.6) is 0 Å². The van der Waals surface area contributed by atoms with Gasteiger partial charge in [0.2, 0.25) is 5.91 Å². The maximum atomic E-state index is 13.7. The Balaban J connectivity index is 1.67. The molecule has 2 heterocycles. The fourth-order valence-electron chi connectivity index (χ4n) is 4.40. The van der Waals surface area contributed by atoms with E-state index in [1.807, 2.05) is 90.7 Å². The minimum atomic E-state index is -0.623. The van der Waals surface area contributed by atoms with Crippen LogP contribution in [0.25, 0.3) is 10.9 Å². The lowest BCUT2D eigenvalue weighted by molar-refractivity contribution is -0.140. The molecule has 1 amide bonds. The summed E-state index contributed by atoms with van der Waals surface area (Å²) in [6.07, 6.45) is 0.449. The van der Waals surface area contributed by atoms with Crippen molar-refractivity contribution in [1.29, 1.82) is 0 Å². The number of nitrogens with zero attached hydrogens (tertiary/aromatic N) is 3. The Morgan fingerprint density at radius 3 is 2.13 bits per heavy atom. The largest absolute Gasteiger partial charge is 0.327 e. The van der Waals surface area contributed by atoms with E-state index in [2.05, 4.69) is 0 Å². The van der Waals surface area contributed by atoms with Crippen LogP contribution in [0.3, 0.4) is 0 Å². The van der Waals surface area contributed by atoms with Crippen molar-refractivity contribution in [3.05, 3.63) is 112 Å². The SMILES string of the molecule is C[C@H]1c2nc3ccccc3c(=O)n2[C@H](Cc2ccccc2)C(=O)N1Cc1ccccc1. The van der Waals surface area contributed by atoms with Crippen molar-refractivity contribution in [2.24, 2.45) is 0 Å². The van der Waals surface area contributed by atoms with E-state index in [1.54, 1.807) is 10.6 Å². The van der Waals surface area contributed by atoms with E-state index in [4.69, 9.17) is 4.98 Å². The van der Waals surface area contributed by atoms with Gasteiger partial charge in [-0.25, -0.2) is 4.98 Å². The Labute approximate surface area is 180 Å². The predicted octanol–water partition coefficient (Wildman–Crippen LogP) is 4.28. The highest BCUT2D eigenvalue weighted by Gasteiger charge is 2.39. The van der Waals surface area contributed by atoms with Gasteiger partial charge in [0.1, 0.15) is 11.9 Å². The summed E-state index contributed by atoms with van der Waals surface area (Å²) in [5, 5.41) is 0.542. The van der Waals surface area contributed by atoms with E-state index in [0.717, 1.165) is 11.1 Å². The number of amides is 1. The first-order valence-electron chi connectivity index (χ1n) is 10.5. The average Bonchev–Trinajstić information content (AvgIpc) is 2.81. The van der Waals surface area contributed by atoms with Gasteiger partial charge in [-0.2, -0.15) is 0 Å². The molecular weight excluding hydrogens is 386 g/mol. The van der Waals surface area contributed by atoms with Crippen LogP contribution in [0.15, 0.2) is 89.7 Å². The number of hydrogen-bond acceptors (Lipinski definition) is 3. The Bertz CT molecular complexity index is 1300. The zero-order chi connectivity index (χ0) is 21.4. The molecule has 0 N–H and O–H groups in total. The van der Waals surface area contributed by atoms with E-state index in [0.29, 0.717) is 29.7 Å². The molecule has 1 aromatic heterocycles. The zero-order valence-electron chi connectivity index (χ0n) is 17.3. The van der Waals surface area contributed by atoms with Gasteiger partial charge in [0, 0.05) is 13.0 Å². The van der Waals surface area contributed by atoms with Crippen molar-refractivity contribution < 1.29 is 4.79 Å². The molecule has 0 aliphatic carbocycles. The van der Waals surface area contributed by atoms with Gasteiger partial charge in [-0.15, -0.1) is 0 Å². The highest BCUT2D eigenvalue weighted by atomic mass is 16.2. The Morgan fingerprint density at radius 2 is 1.42 bits per heavy atom. The minimum Gasteiger partial charge on any atom is -0.327 e. The van der Waals surface area contributed by atoms with Crippen LogP contribution >= 0.6 is 0 Å². The van der Waals surface area contributed by atoms with E-state index >= 15 is 0 Å². The third kappa shape index (κ3) is 3.42. The molecule has 0 radical (unpaired) electrons. The fourth-order valence-corrected chi connectivity index (χ4v) is 4.40. The summed E-state index contributed by atoms with van der Waals surface area (Å²) >= 11 is 0. The minimum absolute atomic E-state index is 0.0492. The van der Waals surface area contributed by atoms with Crippen LogP contribution in [-0.4, -0.2) is 20.4 Å². The molecule has 0 fully saturated rings. The Morgan fingerprint density at radius 1 is 0.806 bits per heavy atom. The van der Waals surface area contributed by atoms with Crippen LogP contribution in [-0.2, 0) is 17.8 Å². The van der Waals surface area contributed by atoms with Crippen molar-refractivity contribution in [3.63, 3.8) is 0 Å². The first kappa shape index (κ1) is 19.2. The van der Waals surface area contributed by atoms with Crippen molar-refractivity contribution in [2.45, 2.75) is 32.0 Å². The van der Waals surface area contributed by atoms with Gasteiger partial charge < -0.3 is 4.90 Å². The summed E-state index contributed by atoms with van der Waals surface area (Å²) in [4.78, 5) is 33.9. The van der Waals surface area contributed by atoms with Crippen LogP contribution in [0, 0.1) is 0 Å². The number of carbonyl (C=O) groups excluding carboxylic acids is 1. The molecule has 154 valence electrons. The lowest BCUT2D eigenvalue weighted by Crippen LogP contribution is -2.49. The molecule has 5 rings (SSSR count). The van der Waals surface area contributed by atoms with Crippen molar-refractivity contribution in [3.8, 4) is 0 Å². The first-order chi connectivity index (χ1) is 15.1. The normalized spacial score (nSPS) is 18.2. The summed E-state index contributed by atoms with van der Waals surface area (Å²) in [6, 6.07) is 26.2. The van der Waals surface area contributed by atoms with Gasteiger partial charge in [-0.05, 0) is 30.2 Å². The number of para-hydroxylation sites is 1. The number of carbonyl (C=O) groups is 1. The topological polar surface area (TPSA) is 55.2 Å². The summed E-state index contributed by atoms with van der Waals surface area (Å²) in [6.45, 7) is 2.43. The molecule has 2 atom stereocenters. The molecule has 0 saturated heterocycles. The molecule has 0 unspecified atom stereocenters. The van der Waals surface area contributed by atoms with Crippen LogP contribution in [0.2, 0.25) is 0 Å². The van der Waals surface area contributed by atoms with E-state index in [1.165, 1.54) is 0 Å². The van der Waals surface area contributed by atoms with Gasteiger partial charge in [-0.1, -0.05) is 72.8 Å². The standard InChI is InChI=1S/C26H23N3O2/c1-18-24-27-22-15-9-8-14-21(22)25(30)29(24)23(16-19-10-4-2-5-11-19)26(31)28(18)17-20-12-6-3-7-13-20/h2-15,18,23H,16-17H2,1H3/t18-,23+/m0/s1. The molecule has 3 aromatic carbocycles. The number of fused-ring (bicyclic) bond motifs is 2. The predicted molar refractivity (Wildman–Crippen MR) is 121 cm³/mol. The fraction of sp³-hybridized carbons (Fsp3) is 0.192. The molecule has 0 bridgehead atoms. The molecule has 5 nitrogen and oxygen atoms in total. The lowest BCUT2D eigenvalue weighted by atomic mass is 9.99. The number of aromatic nitrogens is 2. The highest BCUT2D eigenvalue weighted by molar-refractivity contribution is 5.84. The monoisotopic (exact) mass is 409 g/mol. The number of rotatable bonds is 4. The molecule has 0 saturated carbocycles. The molecular formula is C26H23N3O2. The Kier molecular flexibility index (Phi) is 4.86. The zero-order valence-corrected chi connectivity index (χ0v) is 17.3. The number of hydrogen-bond donors (Lipinski definition) is 0. The molecule has 1 aliphatic heterocycles. The molecule has 31 heavy (non-hydrogen) atoms. The van der Waals surface area contributed by atoms with Gasteiger partial charge in [0.25, 0.3) is 5.56 Å². The average molecular weight is 409 g/mol. The van der Waals surface area contributed by atoms with Crippen molar-refractivity contribution >= 4 is 16.8 Å². The second kappa shape index (κ2) is 7.84. The van der Waals surface area contributed by atoms with Crippen molar-refractivity contribution in [2.75, 3.05) is 0 Å². The lowest BCUT2D eigenvalue weighted by Gasteiger charge is -2.39. The smallest absolute Gasteiger partial charge is 0.262 e. The molecule has 5 heteroatoms. The molecule has 1 aliphatic rings. The summed E-state index contributed by atoms with van der Waals surface area (Å²) in [5.41, 5.74) is 2.58. The Hall–Kier alpha value is -3.73. The van der Waals surface area contributed by atoms with E-state index in [-0.39, 0.29) is 17.5 Å². The number of benzene rings is 3. The maximum absolute atomic E-state index is 13.7. The summed E-state index contributed by atoms with van der Waals surface area (Å²) in [5.74, 6) is 0.590. The third-order valence-corrected chi connectivity index (χ3v) is 6.02. The van der Waals surface area contributed by atoms with Gasteiger partial charge >= 0.3 is 0 Å². The van der Waals surface area contributed by atoms with Gasteiger partial charge in [-0.3, -0.25) is 14.2 Å². The molecule has 4 aromatic rings. The van der Waals surface area contributed by atoms with Gasteiger partial charge in [0.15, 0.2) is 0 Å². The highest BCUT2D eigenvalue weighted by Crippen LogP contribution is 2.33. The van der Waals surface area contributed by atoms with E-state index < -0.39 is 6.04 Å². The van der Waals surface area contributed by atoms with Crippen LogP contribution in [0.4, 0.5) is 0 Å². The quantitative estimate of drug-likeness (QED) is 0.505. The van der Waals surface area contributed by atoms with Crippen molar-refractivity contribution in [1.82, 2.24) is 14.5 Å². The molecule has 0 spiro atoms. The van der Waals surface area contributed by atoms with Gasteiger partial charge in [0.05, 0.1) is 16.9 Å². The maximum Gasteiger partial charge on any atom is 0.262 e. The first-order valence-corrected chi connectivity index (χ1v) is 10.5. The second-order valence-corrected chi connectivity index (χ2v) is 8.00. The van der Waals surface area contributed by atoms with E-state index in [9.17, 15) is 9.59 Å². The summed E-state index contributed by atoms with van der Waals surface area (Å²) < 4.78 is 1.63. The second-order valence-electron chi connectivity index (χ2n) is 8.00. The van der Waals surface area contributed by atoms with Crippen LogP contribution < -0.4 is 5.56 Å². The third-order valence-electron chi connectivity index (χ3n) is 6.02. The van der Waals surface area contributed by atoms with Crippen LogP contribution in [0.1, 0.15) is 36.0 Å². The summed E-state index contributed by atoms with van der Waals surface area (Å²) in [7, 11) is 0.